The summed E-state index contributed by atoms with van der Waals surface area (Å²) in [7, 11) is 0. The molecule has 0 fully saturated rings. The Bertz CT molecular complexity index is 656. The lowest BCUT2D eigenvalue weighted by Crippen LogP contribution is -1.97. The van der Waals surface area contributed by atoms with Gasteiger partial charge in [-0.1, -0.05) is 0 Å². The summed E-state index contributed by atoms with van der Waals surface area (Å²) in [5.74, 6) is -0.994. The van der Waals surface area contributed by atoms with Crippen molar-refractivity contribution in [3.8, 4) is 11.6 Å². The standard InChI is InChI=1S/C10H4BrClFN3O3/c11-6-4-14-10(12)15-9(6)19-8-3-5(13)1-2-7(8)16(17)18/h1-4H. The molecule has 0 bridgehead atoms. The van der Waals surface area contributed by atoms with E-state index in [-0.39, 0.29) is 22.6 Å². The van der Waals surface area contributed by atoms with Crippen LogP contribution in [-0.2, 0) is 0 Å². The Kier molecular flexibility index (Phi) is 3.91. The van der Waals surface area contributed by atoms with Gasteiger partial charge in [0, 0.05) is 18.3 Å². The number of nitrogens with zero attached hydrogens (tertiary/aromatic N) is 3. The molecule has 1 heterocycles. The monoisotopic (exact) mass is 347 g/mol. The summed E-state index contributed by atoms with van der Waals surface area (Å²) in [6.07, 6.45) is 1.32. The second kappa shape index (κ2) is 5.45. The van der Waals surface area contributed by atoms with Crippen LogP contribution in [0.5, 0.6) is 11.6 Å². The minimum Gasteiger partial charge on any atom is -0.430 e. The van der Waals surface area contributed by atoms with Crippen LogP contribution < -0.4 is 4.74 Å². The minimum absolute atomic E-state index is 0.0475. The molecule has 98 valence electrons. The highest BCUT2D eigenvalue weighted by atomic mass is 79.9. The molecule has 0 aliphatic rings. The molecule has 1 aromatic carbocycles. The zero-order valence-corrected chi connectivity index (χ0v) is 11.4. The summed E-state index contributed by atoms with van der Waals surface area (Å²) in [5.41, 5.74) is -0.386. The molecule has 0 N–H and O–H groups in total. The lowest BCUT2D eigenvalue weighted by molar-refractivity contribution is -0.385. The Morgan fingerprint density at radius 2 is 2.21 bits per heavy atom. The molecule has 0 atom stereocenters. The lowest BCUT2D eigenvalue weighted by atomic mass is 10.3. The molecule has 2 aromatic rings. The molecule has 0 spiro atoms. The van der Waals surface area contributed by atoms with Crippen LogP contribution in [0.1, 0.15) is 0 Å². The normalized spacial score (nSPS) is 10.3. The molecule has 19 heavy (non-hydrogen) atoms. The Labute approximate surface area is 119 Å². The molecule has 0 aliphatic carbocycles. The van der Waals surface area contributed by atoms with E-state index in [9.17, 15) is 14.5 Å². The van der Waals surface area contributed by atoms with Crippen molar-refractivity contribution in [1.29, 1.82) is 0 Å². The molecular weight excluding hydrogens is 344 g/mol. The quantitative estimate of drug-likeness (QED) is 0.480. The van der Waals surface area contributed by atoms with Gasteiger partial charge in [-0.05, 0) is 33.6 Å². The third-order valence-corrected chi connectivity index (χ3v) is 2.73. The highest BCUT2D eigenvalue weighted by molar-refractivity contribution is 9.10. The first kappa shape index (κ1) is 13.6. The van der Waals surface area contributed by atoms with Gasteiger partial charge in [-0.15, -0.1) is 0 Å². The zero-order valence-electron chi connectivity index (χ0n) is 9.01. The third kappa shape index (κ3) is 3.15. The van der Waals surface area contributed by atoms with Gasteiger partial charge in [0.05, 0.1) is 9.40 Å². The summed E-state index contributed by atoms with van der Waals surface area (Å²) >= 11 is 8.68. The first-order valence-corrected chi connectivity index (χ1v) is 5.94. The first-order chi connectivity index (χ1) is 8.97. The first-order valence-electron chi connectivity index (χ1n) is 4.77. The fraction of sp³-hybridized carbons (Fsp3) is 0. The van der Waals surface area contributed by atoms with Gasteiger partial charge in [0.1, 0.15) is 5.82 Å². The van der Waals surface area contributed by atoms with Gasteiger partial charge >= 0.3 is 5.69 Å². The van der Waals surface area contributed by atoms with E-state index >= 15 is 0 Å². The van der Waals surface area contributed by atoms with Gasteiger partial charge in [0.2, 0.25) is 16.9 Å². The van der Waals surface area contributed by atoms with Crippen molar-refractivity contribution in [3.05, 3.63) is 50.1 Å². The van der Waals surface area contributed by atoms with Gasteiger partial charge in [-0.3, -0.25) is 10.1 Å². The van der Waals surface area contributed by atoms with Crippen molar-refractivity contribution in [1.82, 2.24) is 9.97 Å². The van der Waals surface area contributed by atoms with E-state index in [0.717, 1.165) is 18.2 Å². The maximum Gasteiger partial charge on any atom is 0.311 e. The second-order valence-electron chi connectivity index (χ2n) is 3.26. The minimum atomic E-state index is -0.689. The summed E-state index contributed by atoms with van der Waals surface area (Å²) < 4.78 is 18.6. The average Bonchev–Trinajstić information content (AvgIpc) is 2.33. The van der Waals surface area contributed by atoms with Gasteiger partial charge in [-0.2, -0.15) is 4.98 Å². The Morgan fingerprint density at radius 1 is 1.47 bits per heavy atom. The molecule has 0 saturated heterocycles. The van der Waals surface area contributed by atoms with Crippen molar-refractivity contribution in [3.63, 3.8) is 0 Å². The van der Waals surface area contributed by atoms with Crippen LogP contribution in [0.25, 0.3) is 0 Å². The van der Waals surface area contributed by atoms with Crippen molar-refractivity contribution in [2.24, 2.45) is 0 Å². The molecule has 0 saturated carbocycles. The second-order valence-corrected chi connectivity index (χ2v) is 4.46. The van der Waals surface area contributed by atoms with Gasteiger partial charge in [0.25, 0.3) is 0 Å². The van der Waals surface area contributed by atoms with Gasteiger partial charge in [0.15, 0.2) is 0 Å². The fourth-order valence-electron chi connectivity index (χ4n) is 1.23. The predicted molar refractivity (Wildman–Crippen MR) is 67.9 cm³/mol. The SMILES string of the molecule is O=[N+]([O-])c1ccc(F)cc1Oc1nc(Cl)ncc1Br. The number of nitro groups is 1. The number of rotatable bonds is 3. The number of benzene rings is 1. The van der Waals surface area contributed by atoms with Gasteiger partial charge < -0.3 is 4.74 Å². The van der Waals surface area contributed by atoms with Crippen LogP contribution in [0.15, 0.2) is 28.9 Å². The van der Waals surface area contributed by atoms with Crippen LogP contribution >= 0.6 is 27.5 Å². The predicted octanol–water partition coefficient (Wildman–Crippen LogP) is 3.73. The Balaban J connectivity index is 2.45. The largest absolute Gasteiger partial charge is 0.430 e. The van der Waals surface area contributed by atoms with E-state index in [1.165, 1.54) is 6.20 Å². The molecule has 0 amide bonds. The van der Waals surface area contributed by atoms with E-state index in [0.29, 0.717) is 4.47 Å². The number of aromatic nitrogens is 2. The van der Waals surface area contributed by atoms with E-state index in [2.05, 4.69) is 25.9 Å². The summed E-state index contributed by atoms with van der Waals surface area (Å²) in [4.78, 5) is 17.5. The third-order valence-electron chi connectivity index (χ3n) is 2.01. The molecule has 1 aromatic heterocycles. The number of hydrogen-bond acceptors (Lipinski definition) is 5. The van der Waals surface area contributed by atoms with Gasteiger partial charge in [-0.25, -0.2) is 9.37 Å². The van der Waals surface area contributed by atoms with Crippen molar-refractivity contribution in [2.45, 2.75) is 0 Å². The summed E-state index contributed by atoms with van der Waals surface area (Å²) in [6.45, 7) is 0. The number of hydrogen-bond donors (Lipinski definition) is 0. The maximum absolute atomic E-state index is 13.1. The van der Waals surface area contributed by atoms with E-state index in [1.54, 1.807) is 0 Å². The van der Waals surface area contributed by atoms with Crippen LogP contribution in [-0.4, -0.2) is 14.9 Å². The molecule has 0 unspecified atom stereocenters. The molecular formula is C10H4BrClFN3O3. The molecule has 0 aliphatic heterocycles. The van der Waals surface area contributed by atoms with Crippen LogP contribution in [0, 0.1) is 15.9 Å². The van der Waals surface area contributed by atoms with Crippen LogP contribution in [0.2, 0.25) is 5.28 Å². The molecule has 2 rings (SSSR count). The average molecular weight is 349 g/mol. The van der Waals surface area contributed by atoms with E-state index < -0.39 is 10.7 Å². The molecule has 6 nitrogen and oxygen atoms in total. The highest BCUT2D eigenvalue weighted by Crippen LogP contribution is 2.34. The van der Waals surface area contributed by atoms with Crippen LogP contribution in [0.4, 0.5) is 10.1 Å². The Morgan fingerprint density at radius 3 is 2.89 bits per heavy atom. The lowest BCUT2D eigenvalue weighted by Gasteiger charge is -2.06. The smallest absolute Gasteiger partial charge is 0.311 e. The summed E-state index contributed by atoms with van der Waals surface area (Å²) in [5, 5.41) is 10.7. The number of halogens is 3. The van der Waals surface area contributed by atoms with E-state index in [1.807, 2.05) is 0 Å². The van der Waals surface area contributed by atoms with E-state index in [4.69, 9.17) is 16.3 Å². The topological polar surface area (TPSA) is 78.2 Å². The summed E-state index contributed by atoms with van der Waals surface area (Å²) in [6, 6.07) is 2.86. The van der Waals surface area contributed by atoms with Crippen molar-refractivity contribution >= 4 is 33.2 Å². The van der Waals surface area contributed by atoms with Crippen molar-refractivity contribution < 1.29 is 14.1 Å². The fourth-order valence-corrected chi connectivity index (χ4v) is 1.63. The zero-order chi connectivity index (χ0) is 14.0. The highest BCUT2D eigenvalue weighted by Gasteiger charge is 2.18. The number of ether oxygens (including phenoxy) is 1. The molecule has 0 radical (unpaired) electrons. The van der Waals surface area contributed by atoms with Crippen molar-refractivity contribution in [2.75, 3.05) is 0 Å². The molecule has 9 heteroatoms. The Hall–Kier alpha value is -1.80. The van der Waals surface area contributed by atoms with Crippen LogP contribution in [0.3, 0.4) is 0 Å². The maximum atomic E-state index is 13.1. The number of nitro benzene ring substituents is 1.